The molecule has 0 aliphatic heterocycles. The van der Waals surface area contributed by atoms with Crippen molar-refractivity contribution in [1.29, 1.82) is 0 Å². The highest BCUT2D eigenvalue weighted by molar-refractivity contribution is 7.90. The van der Waals surface area contributed by atoms with E-state index in [-0.39, 0.29) is 11.7 Å². The molecule has 12 heteroatoms. The number of sulfone groups is 1. The summed E-state index contributed by atoms with van der Waals surface area (Å²) < 4.78 is 29.2. The molecule has 0 unspecified atom stereocenters. The number of halogens is 1. The van der Waals surface area contributed by atoms with E-state index >= 15 is 0 Å². The zero-order valence-electron chi connectivity index (χ0n) is 17.8. The molecule has 0 saturated carbocycles. The first-order valence-corrected chi connectivity index (χ1v) is 11.6. The highest BCUT2D eigenvalue weighted by Crippen LogP contribution is 2.36. The summed E-state index contributed by atoms with van der Waals surface area (Å²) in [4.78, 5) is 26.9. The Balaban J connectivity index is 2.21. The first kappa shape index (κ1) is 23.5. The molecule has 1 amide bonds. The molecule has 2 aromatic heterocycles. The maximum Gasteiger partial charge on any atom is 0.404 e. The lowest BCUT2D eigenvalue weighted by Crippen LogP contribution is -2.36. The number of ether oxygens (including phenoxy) is 1. The summed E-state index contributed by atoms with van der Waals surface area (Å²) in [6, 6.07) is 6.67. The number of hydrogen-bond donors (Lipinski definition) is 3. The number of aromatic amines is 1. The van der Waals surface area contributed by atoms with Crippen LogP contribution in [0, 0.1) is 0 Å². The standard InChI is InChI=1S/C20H22ClN5O5S/c1-20(2,10-23-19(27)28)17-25-15(11-5-6-12(21)14(9-11)31-3)16(26-17)13-7-8-22-18(24-13)32(4,29)30/h5-9,23H,10H2,1-4H3,(H,25,26)(H,27,28). The molecule has 0 aliphatic rings. The van der Waals surface area contributed by atoms with Crippen molar-refractivity contribution in [3.63, 3.8) is 0 Å². The van der Waals surface area contributed by atoms with E-state index < -0.39 is 21.3 Å². The first-order chi connectivity index (χ1) is 14.9. The fourth-order valence-electron chi connectivity index (χ4n) is 2.93. The van der Waals surface area contributed by atoms with E-state index in [4.69, 9.17) is 26.4 Å². The van der Waals surface area contributed by atoms with Crippen molar-refractivity contribution in [2.24, 2.45) is 0 Å². The second kappa shape index (κ2) is 8.75. The van der Waals surface area contributed by atoms with E-state index in [0.717, 1.165) is 6.26 Å². The van der Waals surface area contributed by atoms with Crippen LogP contribution in [0.3, 0.4) is 0 Å². The van der Waals surface area contributed by atoms with Gasteiger partial charge in [0.2, 0.25) is 15.0 Å². The summed E-state index contributed by atoms with van der Waals surface area (Å²) in [7, 11) is -2.14. The van der Waals surface area contributed by atoms with Gasteiger partial charge in [-0.05, 0) is 18.2 Å². The van der Waals surface area contributed by atoms with E-state index in [1.807, 2.05) is 13.8 Å². The van der Waals surface area contributed by atoms with Gasteiger partial charge >= 0.3 is 6.09 Å². The lowest BCUT2D eigenvalue weighted by Gasteiger charge is -2.21. The predicted octanol–water partition coefficient (Wildman–Crippen LogP) is 3.14. The molecular formula is C20H22ClN5O5S. The van der Waals surface area contributed by atoms with Gasteiger partial charge in [-0.25, -0.2) is 28.2 Å². The minimum absolute atomic E-state index is 0.0943. The Morgan fingerprint density at radius 3 is 2.62 bits per heavy atom. The third-order valence-electron chi connectivity index (χ3n) is 4.67. The van der Waals surface area contributed by atoms with Crippen LogP contribution in [-0.4, -0.2) is 59.5 Å². The number of aromatic nitrogens is 4. The van der Waals surface area contributed by atoms with Gasteiger partial charge in [0.05, 0.1) is 29.2 Å². The highest BCUT2D eigenvalue weighted by atomic mass is 35.5. The molecule has 0 spiro atoms. The third-order valence-corrected chi connectivity index (χ3v) is 5.84. The van der Waals surface area contributed by atoms with Crippen LogP contribution in [0.5, 0.6) is 5.75 Å². The van der Waals surface area contributed by atoms with Gasteiger partial charge in [0.25, 0.3) is 0 Å². The maximum atomic E-state index is 12.0. The molecule has 32 heavy (non-hydrogen) atoms. The van der Waals surface area contributed by atoms with Crippen molar-refractivity contribution in [1.82, 2.24) is 25.3 Å². The number of carbonyl (C=O) groups is 1. The van der Waals surface area contributed by atoms with Gasteiger partial charge in [0, 0.05) is 30.0 Å². The summed E-state index contributed by atoms with van der Waals surface area (Å²) >= 11 is 6.16. The van der Waals surface area contributed by atoms with Crippen molar-refractivity contribution in [3.8, 4) is 28.4 Å². The normalized spacial score (nSPS) is 11.9. The molecule has 0 fully saturated rings. The zero-order valence-corrected chi connectivity index (χ0v) is 19.4. The van der Waals surface area contributed by atoms with Gasteiger partial charge < -0.3 is 20.1 Å². The van der Waals surface area contributed by atoms with Crippen LogP contribution in [0.15, 0.2) is 35.6 Å². The number of H-pyrrole nitrogens is 1. The number of imidazole rings is 1. The van der Waals surface area contributed by atoms with Crippen LogP contribution < -0.4 is 10.1 Å². The summed E-state index contributed by atoms with van der Waals surface area (Å²) in [5.74, 6) is 0.913. The Labute approximate surface area is 190 Å². The molecule has 0 saturated heterocycles. The number of benzene rings is 1. The summed E-state index contributed by atoms with van der Waals surface area (Å²) in [5.41, 5.74) is 1.15. The Hall–Kier alpha value is -3.18. The van der Waals surface area contributed by atoms with Gasteiger partial charge in [-0.2, -0.15) is 0 Å². The van der Waals surface area contributed by atoms with E-state index in [1.54, 1.807) is 24.3 Å². The van der Waals surface area contributed by atoms with Crippen LogP contribution in [0.1, 0.15) is 19.7 Å². The van der Waals surface area contributed by atoms with E-state index in [0.29, 0.717) is 39.2 Å². The largest absolute Gasteiger partial charge is 0.495 e. The molecule has 170 valence electrons. The van der Waals surface area contributed by atoms with Crippen molar-refractivity contribution in [2.45, 2.75) is 24.4 Å². The molecule has 10 nitrogen and oxygen atoms in total. The van der Waals surface area contributed by atoms with Crippen molar-refractivity contribution >= 4 is 27.5 Å². The highest BCUT2D eigenvalue weighted by Gasteiger charge is 2.28. The number of carboxylic acid groups (broad SMARTS) is 1. The fourth-order valence-corrected chi connectivity index (χ4v) is 3.65. The number of nitrogens with one attached hydrogen (secondary N) is 2. The molecule has 1 aromatic carbocycles. The lowest BCUT2D eigenvalue weighted by atomic mass is 9.92. The smallest absolute Gasteiger partial charge is 0.404 e. The van der Waals surface area contributed by atoms with E-state index in [9.17, 15) is 13.2 Å². The monoisotopic (exact) mass is 479 g/mol. The number of hydrogen-bond acceptors (Lipinski definition) is 7. The summed E-state index contributed by atoms with van der Waals surface area (Å²) in [5, 5.41) is 11.4. The number of methoxy groups -OCH3 is 1. The molecule has 0 radical (unpaired) electrons. The molecule has 3 aromatic rings. The average Bonchev–Trinajstić information content (AvgIpc) is 3.19. The van der Waals surface area contributed by atoms with Gasteiger partial charge in [0.15, 0.2) is 0 Å². The molecule has 0 bridgehead atoms. The average molecular weight is 480 g/mol. The topological polar surface area (TPSA) is 147 Å². The van der Waals surface area contributed by atoms with Gasteiger partial charge in [0.1, 0.15) is 11.6 Å². The van der Waals surface area contributed by atoms with Crippen LogP contribution in [-0.2, 0) is 15.3 Å². The third kappa shape index (κ3) is 5.00. The molecule has 3 N–H and O–H groups in total. The van der Waals surface area contributed by atoms with Crippen LogP contribution in [0.2, 0.25) is 5.02 Å². The fraction of sp³-hybridized carbons (Fsp3) is 0.300. The van der Waals surface area contributed by atoms with E-state index in [1.165, 1.54) is 13.3 Å². The van der Waals surface area contributed by atoms with Gasteiger partial charge in [-0.1, -0.05) is 31.5 Å². The Morgan fingerprint density at radius 1 is 1.28 bits per heavy atom. The van der Waals surface area contributed by atoms with Crippen LogP contribution >= 0.6 is 11.6 Å². The Morgan fingerprint density at radius 2 is 2.00 bits per heavy atom. The minimum Gasteiger partial charge on any atom is -0.495 e. The first-order valence-electron chi connectivity index (χ1n) is 9.37. The molecular weight excluding hydrogens is 458 g/mol. The van der Waals surface area contributed by atoms with Crippen LogP contribution in [0.4, 0.5) is 4.79 Å². The summed E-state index contributed by atoms with van der Waals surface area (Å²) in [6.45, 7) is 3.73. The van der Waals surface area contributed by atoms with Crippen molar-refractivity contribution in [3.05, 3.63) is 41.3 Å². The predicted molar refractivity (Wildman–Crippen MR) is 119 cm³/mol. The number of amides is 1. The number of rotatable bonds is 7. The van der Waals surface area contributed by atoms with E-state index in [2.05, 4.69) is 20.3 Å². The minimum atomic E-state index is -3.64. The number of nitrogens with zero attached hydrogens (tertiary/aromatic N) is 3. The molecule has 0 atom stereocenters. The van der Waals surface area contributed by atoms with Crippen molar-refractivity contribution < 1.29 is 23.1 Å². The quantitative estimate of drug-likeness (QED) is 0.438. The van der Waals surface area contributed by atoms with Gasteiger partial charge in [-0.15, -0.1) is 0 Å². The van der Waals surface area contributed by atoms with Crippen molar-refractivity contribution in [2.75, 3.05) is 19.9 Å². The van der Waals surface area contributed by atoms with Crippen LogP contribution in [0.25, 0.3) is 22.6 Å². The molecule has 3 rings (SSSR count). The SMILES string of the molecule is COc1cc(-c2nc(C(C)(C)CNC(=O)O)[nH]c2-c2ccnc(S(C)(=O)=O)n2)ccc1Cl. The zero-order chi connectivity index (χ0) is 23.7. The van der Waals surface area contributed by atoms with Gasteiger partial charge in [-0.3, -0.25) is 0 Å². The Bertz CT molecular complexity index is 1270. The Kier molecular flexibility index (Phi) is 6.42. The molecule has 0 aliphatic carbocycles. The summed E-state index contributed by atoms with van der Waals surface area (Å²) in [6.07, 6.45) is 1.22. The molecule has 2 heterocycles. The second-order valence-corrected chi connectivity index (χ2v) is 10.0. The second-order valence-electron chi connectivity index (χ2n) is 7.70. The maximum absolute atomic E-state index is 12.0. The lowest BCUT2D eigenvalue weighted by molar-refractivity contribution is 0.191.